The zero-order valence-corrected chi connectivity index (χ0v) is 15.5. The summed E-state index contributed by atoms with van der Waals surface area (Å²) in [6.45, 7) is 4.27. The van der Waals surface area contributed by atoms with Gasteiger partial charge in [-0.15, -0.1) is 0 Å². The number of carbonyl (C=O) groups is 1. The van der Waals surface area contributed by atoms with Gasteiger partial charge in [0.1, 0.15) is 5.84 Å². The van der Waals surface area contributed by atoms with E-state index in [2.05, 4.69) is 12.0 Å². The van der Waals surface area contributed by atoms with Crippen molar-refractivity contribution in [3.05, 3.63) is 72.3 Å². The van der Waals surface area contributed by atoms with Crippen molar-refractivity contribution < 1.29 is 4.79 Å². The molecule has 0 unspecified atom stereocenters. The zero-order chi connectivity index (χ0) is 18.6. The SMILES string of the molecule is C=C1c2ccccc2N=C(C2CCCCC2)N1NC(=O)Cc1ccccc1. The van der Waals surface area contributed by atoms with Crippen LogP contribution < -0.4 is 5.43 Å². The van der Waals surface area contributed by atoms with E-state index in [1.807, 2.05) is 59.6 Å². The van der Waals surface area contributed by atoms with E-state index in [0.29, 0.717) is 12.3 Å². The van der Waals surface area contributed by atoms with Gasteiger partial charge in [-0.05, 0) is 24.5 Å². The van der Waals surface area contributed by atoms with Gasteiger partial charge >= 0.3 is 0 Å². The highest BCUT2D eigenvalue weighted by Crippen LogP contribution is 2.36. The smallest absolute Gasteiger partial charge is 0.243 e. The van der Waals surface area contributed by atoms with Crippen LogP contribution in [0.1, 0.15) is 43.2 Å². The molecule has 1 aliphatic carbocycles. The number of aliphatic imine (C=N–C) groups is 1. The third-order valence-electron chi connectivity index (χ3n) is 5.36. The highest BCUT2D eigenvalue weighted by Gasteiger charge is 2.31. The Morgan fingerprint density at radius 2 is 1.74 bits per heavy atom. The molecule has 4 rings (SSSR count). The summed E-state index contributed by atoms with van der Waals surface area (Å²) in [6, 6.07) is 17.8. The van der Waals surface area contributed by atoms with E-state index in [4.69, 9.17) is 4.99 Å². The number of hydrogen-bond donors (Lipinski definition) is 1. The number of hydrazine groups is 1. The quantitative estimate of drug-likeness (QED) is 0.847. The third kappa shape index (κ3) is 3.80. The maximum absolute atomic E-state index is 12.7. The van der Waals surface area contributed by atoms with Gasteiger partial charge in [0.15, 0.2) is 0 Å². The van der Waals surface area contributed by atoms with Gasteiger partial charge in [-0.1, -0.05) is 74.4 Å². The molecule has 4 nitrogen and oxygen atoms in total. The average molecular weight is 359 g/mol. The minimum absolute atomic E-state index is 0.0507. The van der Waals surface area contributed by atoms with Gasteiger partial charge < -0.3 is 0 Å². The maximum atomic E-state index is 12.7. The fourth-order valence-corrected chi connectivity index (χ4v) is 3.95. The topological polar surface area (TPSA) is 44.7 Å². The first-order valence-corrected chi connectivity index (χ1v) is 9.73. The molecule has 2 aromatic rings. The minimum Gasteiger partial charge on any atom is -0.273 e. The van der Waals surface area contributed by atoms with Gasteiger partial charge in [-0.3, -0.25) is 10.2 Å². The van der Waals surface area contributed by atoms with Crippen molar-refractivity contribution in [1.29, 1.82) is 0 Å². The van der Waals surface area contributed by atoms with E-state index in [1.165, 1.54) is 19.3 Å². The van der Waals surface area contributed by atoms with Gasteiger partial charge in [-0.25, -0.2) is 10.0 Å². The number of nitrogens with one attached hydrogen (secondary N) is 1. The number of para-hydroxylation sites is 1. The molecule has 138 valence electrons. The molecule has 1 N–H and O–H groups in total. The van der Waals surface area contributed by atoms with Crippen LogP contribution in [0.2, 0.25) is 0 Å². The Bertz CT molecular complexity index is 866. The van der Waals surface area contributed by atoms with Gasteiger partial charge in [0.2, 0.25) is 5.91 Å². The Hall–Kier alpha value is -2.88. The van der Waals surface area contributed by atoms with Crippen LogP contribution in [0.5, 0.6) is 0 Å². The molecular weight excluding hydrogens is 334 g/mol. The van der Waals surface area contributed by atoms with Crippen LogP contribution in [-0.2, 0) is 11.2 Å². The van der Waals surface area contributed by atoms with E-state index < -0.39 is 0 Å². The molecular formula is C23H25N3O. The van der Waals surface area contributed by atoms with Crippen molar-refractivity contribution in [3.63, 3.8) is 0 Å². The third-order valence-corrected chi connectivity index (χ3v) is 5.36. The molecule has 1 heterocycles. The lowest BCUT2D eigenvalue weighted by Gasteiger charge is -2.37. The van der Waals surface area contributed by atoms with Crippen molar-refractivity contribution >= 4 is 23.1 Å². The lowest BCUT2D eigenvalue weighted by atomic mass is 9.87. The number of hydrogen-bond acceptors (Lipinski definition) is 3. The van der Waals surface area contributed by atoms with E-state index in [0.717, 1.165) is 41.2 Å². The molecule has 1 aliphatic heterocycles. The summed E-state index contributed by atoms with van der Waals surface area (Å²) in [5, 5.41) is 1.84. The van der Waals surface area contributed by atoms with E-state index >= 15 is 0 Å². The standard InChI is InChI=1S/C23H25N3O/c1-17-20-14-8-9-15-21(20)24-23(19-12-6-3-7-13-19)26(17)25-22(27)16-18-10-4-2-5-11-18/h2,4-5,8-11,14-15,19H,1,3,6-7,12-13,16H2,(H,25,27). The van der Waals surface area contributed by atoms with Gasteiger partial charge in [-0.2, -0.15) is 0 Å². The molecule has 0 atom stereocenters. The van der Waals surface area contributed by atoms with Crippen molar-refractivity contribution in [2.45, 2.75) is 38.5 Å². The Labute approximate surface area is 160 Å². The lowest BCUT2D eigenvalue weighted by Crippen LogP contribution is -2.49. The predicted octanol–water partition coefficient (Wildman–Crippen LogP) is 4.86. The molecule has 1 fully saturated rings. The first-order chi connectivity index (χ1) is 13.2. The van der Waals surface area contributed by atoms with E-state index in [9.17, 15) is 4.79 Å². The van der Waals surface area contributed by atoms with Crippen LogP contribution in [0, 0.1) is 5.92 Å². The molecule has 0 spiro atoms. The predicted molar refractivity (Wildman–Crippen MR) is 109 cm³/mol. The molecule has 0 bridgehead atoms. The number of rotatable bonds is 4. The number of fused-ring (bicyclic) bond motifs is 1. The summed E-state index contributed by atoms with van der Waals surface area (Å²) in [5.41, 5.74) is 6.77. The van der Waals surface area contributed by atoms with Gasteiger partial charge in [0.05, 0.1) is 17.8 Å². The van der Waals surface area contributed by atoms with Gasteiger partial charge in [0, 0.05) is 11.5 Å². The Morgan fingerprint density at radius 3 is 2.52 bits per heavy atom. The fraction of sp³-hybridized carbons (Fsp3) is 0.304. The van der Waals surface area contributed by atoms with Crippen molar-refractivity contribution in [1.82, 2.24) is 10.4 Å². The molecule has 0 radical (unpaired) electrons. The molecule has 2 aliphatic rings. The number of amidine groups is 1. The molecule has 0 aromatic heterocycles. The van der Waals surface area contributed by atoms with Crippen LogP contribution in [0.25, 0.3) is 5.70 Å². The maximum Gasteiger partial charge on any atom is 0.243 e. The summed E-state index contributed by atoms with van der Waals surface area (Å²) in [4.78, 5) is 17.6. The normalized spacial score (nSPS) is 17.3. The first-order valence-electron chi connectivity index (χ1n) is 9.73. The minimum atomic E-state index is -0.0507. The highest BCUT2D eigenvalue weighted by atomic mass is 16.2. The molecule has 1 saturated carbocycles. The van der Waals surface area contributed by atoms with Gasteiger partial charge in [0.25, 0.3) is 0 Å². The Morgan fingerprint density at radius 1 is 1.04 bits per heavy atom. The van der Waals surface area contributed by atoms with E-state index in [1.54, 1.807) is 0 Å². The number of amides is 1. The Kier molecular flexibility index (Phi) is 5.05. The summed E-state index contributed by atoms with van der Waals surface area (Å²) in [5.74, 6) is 1.24. The molecule has 27 heavy (non-hydrogen) atoms. The van der Waals surface area contributed by atoms with Crippen molar-refractivity contribution in [2.24, 2.45) is 10.9 Å². The Balaban J connectivity index is 1.60. The number of benzene rings is 2. The summed E-state index contributed by atoms with van der Waals surface area (Å²) in [7, 11) is 0. The van der Waals surface area contributed by atoms with Crippen molar-refractivity contribution in [3.8, 4) is 0 Å². The molecule has 2 aromatic carbocycles. The second kappa shape index (κ2) is 7.78. The van der Waals surface area contributed by atoms with Crippen LogP contribution in [0.4, 0.5) is 5.69 Å². The molecule has 1 amide bonds. The zero-order valence-electron chi connectivity index (χ0n) is 15.5. The first kappa shape index (κ1) is 17.5. The summed E-state index contributed by atoms with van der Waals surface area (Å²) in [6.07, 6.45) is 6.26. The number of carbonyl (C=O) groups excluding carboxylic acids is 1. The second-order valence-electron chi connectivity index (χ2n) is 7.30. The lowest BCUT2D eigenvalue weighted by molar-refractivity contribution is -0.122. The highest BCUT2D eigenvalue weighted by molar-refractivity contribution is 6.00. The van der Waals surface area contributed by atoms with E-state index in [-0.39, 0.29) is 5.91 Å². The fourth-order valence-electron chi connectivity index (χ4n) is 3.95. The molecule has 0 saturated heterocycles. The summed E-state index contributed by atoms with van der Waals surface area (Å²) < 4.78 is 0. The average Bonchev–Trinajstić information content (AvgIpc) is 2.71. The van der Waals surface area contributed by atoms with Crippen LogP contribution in [0.3, 0.4) is 0 Å². The largest absolute Gasteiger partial charge is 0.273 e. The number of nitrogens with zero attached hydrogens (tertiary/aromatic N) is 2. The monoisotopic (exact) mass is 359 g/mol. The van der Waals surface area contributed by atoms with Crippen LogP contribution in [-0.4, -0.2) is 16.8 Å². The molecule has 4 heteroatoms. The van der Waals surface area contributed by atoms with Crippen molar-refractivity contribution in [2.75, 3.05) is 0 Å². The summed E-state index contributed by atoms with van der Waals surface area (Å²) >= 11 is 0. The second-order valence-corrected chi connectivity index (χ2v) is 7.30. The van der Waals surface area contributed by atoms with Crippen LogP contribution in [0.15, 0.2) is 66.2 Å². The van der Waals surface area contributed by atoms with Crippen LogP contribution >= 0.6 is 0 Å².